The number of anilines is 1. The van der Waals surface area contributed by atoms with Crippen molar-refractivity contribution in [2.45, 2.75) is 13.5 Å². The lowest BCUT2D eigenvalue weighted by atomic mass is 10.1. The van der Waals surface area contributed by atoms with Crippen LogP contribution in [0.1, 0.15) is 22.8 Å². The summed E-state index contributed by atoms with van der Waals surface area (Å²) in [5, 5.41) is 0. The summed E-state index contributed by atoms with van der Waals surface area (Å²) in [4.78, 5) is 34.7. The fourth-order valence-corrected chi connectivity index (χ4v) is 2.49. The Morgan fingerprint density at radius 3 is 2.62 bits per heavy atom. The maximum Gasteiger partial charge on any atom is 0.328 e. The molecule has 0 atom stereocenters. The number of nitrogens with zero attached hydrogens (tertiary/aromatic N) is 3. The molecule has 0 saturated heterocycles. The summed E-state index contributed by atoms with van der Waals surface area (Å²) in [7, 11) is 1.56. The van der Waals surface area contributed by atoms with Gasteiger partial charge in [-0.3, -0.25) is 9.36 Å². The minimum atomic E-state index is -0.356. The molecule has 136 valence electrons. The zero-order chi connectivity index (χ0) is 18.7. The monoisotopic (exact) mass is 357 g/mol. The van der Waals surface area contributed by atoms with Crippen molar-refractivity contribution in [3.8, 4) is 6.01 Å². The Bertz CT molecular complexity index is 991. The lowest BCUT2D eigenvalue weighted by Crippen LogP contribution is -2.18. The number of benzene rings is 1. The van der Waals surface area contributed by atoms with E-state index in [1.807, 2.05) is 0 Å². The topological polar surface area (TPSA) is 125 Å². The molecule has 2 aromatic heterocycles. The van der Waals surface area contributed by atoms with E-state index in [9.17, 15) is 9.59 Å². The van der Waals surface area contributed by atoms with Crippen molar-refractivity contribution in [3.05, 3.63) is 45.9 Å². The summed E-state index contributed by atoms with van der Waals surface area (Å²) in [5.41, 5.74) is 7.72. The van der Waals surface area contributed by atoms with Crippen molar-refractivity contribution in [3.63, 3.8) is 0 Å². The van der Waals surface area contributed by atoms with E-state index >= 15 is 0 Å². The normalized spacial score (nSPS) is 11.0. The molecule has 0 radical (unpaired) electrons. The number of ether oxygens (including phenoxy) is 2. The smallest absolute Gasteiger partial charge is 0.328 e. The fraction of sp³-hybridized carbons (Fsp3) is 0.294. The number of nitrogen functional groups attached to an aromatic ring is 1. The first-order valence-electron chi connectivity index (χ1n) is 7.97. The van der Waals surface area contributed by atoms with Crippen molar-refractivity contribution in [1.29, 1.82) is 0 Å². The second-order valence-electron chi connectivity index (χ2n) is 5.70. The van der Waals surface area contributed by atoms with Crippen LogP contribution < -0.4 is 16.2 Å². The van der Waals surface area contributed by atoms with E-state index in [1.54, 1.807) is 31.4 Å². The number of ketones is 1. The number of carbonyl (C=O) groups is 1. The second-order valence-corrected chi connectivity index (χ2v) is 5.70. The highest BCUT2D eigenvalue weighted by atomic mass is 16.5. The number of nitrogens with two attached hydrogens (primary N) is 1. The molecule has 3 aromatic rings. The van der Waals surface area contributed by atoms with Crippen LogP contribution in [0.3, 0.4) is 0 Å². The number of hydrogen-bond donors (Lipinski definition) is 2. The Hall–Kier alpha value is -3.20. The lowest BCUT2D eigenvalue weighted by Gasteiger charge is -2.07. The number of aromatic amines is 1. The summed E-state index contributed by atoms with van der Waals surface area (Å²) in [6.45, 7) is 2.42. The molecule has 9 nitrogen and oxygen atoms in total. The molecular formula is C17H19N5O4. The Kier molecular flexibility index (Phi) is 4.99. The molecule has 0 bridgehead atoms. The minimum absolute atomic E-state index is 0.0147. The summed E-state index contributed by atoms with van der Waals surface area (Å²) in [6.07, 6.45) is 0. The van der Waals surface area contributed by atoms with Gasteiger partial charge in [0.05, 0.1) is 13.2 Å². The van der Waals surface area contributed by atoms with Gasteiger partial charge in [0.25, 0.3) is 0 Å². The SMILES string of the molecule is COCCOc1nc(N)c2[nH]c(=O)n(Cc3ccc(C(C)=O)cc3)c2n1. The van der Waals surface area contributed by atoms with E-state index in [-0.39, 0.29) is 36.5 Å². The molecule has 0 amide bonds. The van der Waals surface area contributed by atoms with Crippen LogP contribution in [0, 0.1) is 0 Å². The van der Waals surface area contributed by atoms with E-state index in [1.165, 1.54) is 11.5 Å². The van der Waals surface area contributed by atoms with Gasteiger partial charge in [0.2, 0.25) is 0 Å². The Balaban J connectivity index is 1.95. The maximum atomic E-state index is 12.3. The number of imidazole rings is 1. The summed E-state index contributed by atoms with van der Waals surface area (Å²) < 4.78 is 11.8. The highest BCUT2D eigenvalue weighted by molar-refractivity contribution is 5.94. The zero-order valence-corrected chi connectivity index (χ0v) is 14.5. The molecule has 0 unspecified atom stereocenters. The molecule has 0 aliphatic carbocycles. The number of methoxy groups -OCH3 is 1. The number of carbonyl (C=O) groups excluding carboxylic acids is 1. The van der Waals surface area contributed by atoms with Crippen LogP contribution in [-0.2, 0) is 11.3 Å². The number of H-pyrrole nitrogens is 1. The molecule has 0 saturated carbocycles. The molecule has 2 heterocycles. The van der Waals surface area contributed by atoms with Gasteiger partial charge in [-0.05, 0) is 12.5 Å². The molecule has 0 aliphatic heterocycles. The van der Waals surface area contributed by atoms with Crippen molar-refractivity contribution < 1.29 is 14.3 Å². The van der Waals surface area contributed by atoms with Crippen LogP contribution >= 0.6 is 0 Å². The molecular weight excluding hydrogens is 338 g/mol. The van der Waals surface area contributed by atoms with Crippen molar-refractivity contribution in [2.75, 3.05) is 26.1 Å². The summed E-state index contributed by atoms with van der Waals surface area (Å²) >= 11 is 0. The first-order chi connectivity index (χ1) is 12.5. The molecule has 3 rings (SSSR count). The van der Waals surface area contributed by atoms with E-state index in [4.69, 9.17) is 15.2 Å². The van der Waals surface area contributed by atoms with E-state index in [2.05, 4.69) is 15.0 Å². The van der Waals surface area contributed by atoms with Crippen LogP contribution in [0.2, 0.25) is 0 Å². The highest BCUT2D eigenvalue weighted by Crippen LogP contribution is 2.18. The van der Waals surface area contributed by atoms with Gasteiger partial charge in [-0.2, -0.15) is 9.97 Å². The van der Waals surface area contributed by atoms with E-state index in [0.29, 0.717) is 23.3 Å². The van der Waals surface area contributed by atoms with Crippen LogP contribution in [0.25, 0.3) is 11.2 Å². The van der Waals surface area contributed by atoms with E-state index < -0.39 is 0 Å². The highest BCUT2D eigenvalue weighted by Gasteiger charge is 2.15. The second kappa shape index (κ2) is 7.36. The summed E-state index contributed by atoms with van der Waals surface area (Å²) in [5.74, 6) is 0.115. The van der Waals surface area contributed by atoms with Gasteiger partial charge >= 0.3 is 11.7 Å². The van der Waals surface area contributed by atoms with Gasteiger partial charge in [-0.1, -0.05) is 24.3 Å². The van der Waals surface area contributed by atoms with Gasteiger partial charge in [-0.25, -0.2) is 4.79 Å². The Labute approximate surface area is 148 Å². The summed E-state index contributed by atoms with van der Waals surface area (Å²) in [6, 6.07) is 7.11. The molecule has 1 aromatic carbocycles. The molecule has 26 heavy (non-hydrogen) atoms. The zero-order valence-electron chi connectivity index (χ0n) is 14.5. The standard InChI is InChI=1S/C17H19N5O4/c1-10(23)12-5-3-11(4-6-12)9-22-15-13(19-17(22)24)14(18)20-16(21-15)26-8-7-25-2/h3-6H,7-9H2,1-2H3,(H,19,24)(H2,18,20,21). The van der Waals surface area contributed by atoms with Crippen LogP contribution in [0.15, 0.2) is 29.1 Å². The Morgan fingerprint density at radius 1 is 1.23 bits per heavy atom. The third-order valence-electron chi connectivity index (χ3n) is 3.85. The van der Waals surface area contributed by atoms with Crippen LogP contribution in [0.4, 0.5) is 5.82 Å². The number of Topliss-reactive ketones (excluding diaryl/α,β-unsaturated/α-hetero) is 1. The average molecular weight is 357 g/mol. The molecule has 0 aliphatic rings. The third-order valence-corrected chi connectivity index (χ3v) is 3.85. The quantitative estimate of drug-likeness (QED) is 0.477. The lowest BCUT2D eigenvalue weighted by molar-refractivity contribution is 0.101. The number of hydrogen-bond acceptors (Lipinski definition) is 7. The van der Waals surface area contributed by atoms with Gasteiger partial charge in [0.15, 0.2) is 17.2 Å². The largest absolute Gasteiger partial charge is 0.461 e. The van der Waals surface area contributed by atoms with E-state index in [0.717, 1.165) is 5.56 Å². The third kappa shape index (κ3) is 3.57. The van der Waals surface area contributed by atoms with Crippen molar-refractivity contribution in [1.82, 2.24) is 19.5 Å². The first-order valence-corrected chi connectivity index (χ1v) is 7.97. The Morgan fingerprint density at radius 2 is 1.96 bits per heavy atom. The fourth-order valence-electron chi connectivity index (χ4n) is 2.49. The minimum Gasteiger partial charge on any atom is -0.461 e. The molecule has 9 heteroatoms. The van der Waals surface area contributed by atoms with Crippen LogP contribution in [0.5, 0.6) is 6.01 Å². The molecule has 0 spiro atoms. The van der Waals surface area contributed by atoms with Gasteiger partial charge in [0.1, 0.15) is 12.1 Å². The van der Waals surface area contributed by atoms with Crippen molar-refractivity contribution >= 4 is 22.8 Å². The number of nitrogens with one attached hydrogen (secondary N) is 1. The van der Waals surface area contributed by atoms with Crippen molar-refractivity contribution in [2.24, 2.45) is 0 Å². The maximum absolute atomic E-state index is 12.3. The average Bonchev–Trinajstić information content (AvgIpc) is 2.92. The van der Waals surface area contributed by atoms with Gasteiger partial charge in [0, 0.05) is 12.7 Å². The molecule has 0 fully saturated rings. The predicted octanol–water partition coefficient (Wildman–Crippen LogP) is 0.978. The first kappa shape index (κ1) is 17.6. The number of fused-ring (bicyclic) bond motifs is 1. The molecule has 3 N–H and O–H groups in total. The van der Waals surface area contributed by atoms with Gasteiger partial charge < -0.3 is 20.2 Å². The van der Waals surface area contributed by atoms with Gasteiger partial charge in [-0.15, -0.1) is 0 Å². The number of aromatic nitrogens is 4. The van der Waals surface area contributed by atoms with Crippen LogP contribution in [-0.4, -0.2) is 45.6 Å². The number of rotatable bonds is 7. The predicted molar refractivity (Wildman–Crippen MR) is 95.5 cm³/mol.